The first-order valence-electron chi connectivity index (χ1n) is 3.40. The third-order valence-corrected chi connectivity index (χ3v) is 1.52. The Morgan fingerprint density at radius 2 is 2.14 bits per heavy atom. The highest BCUT2D eigenvalue weighted by Gasteiger charge is 2.20. The standard InChI is InChI=1S/C7H5FN2O4/c8-6-4(10(13)14)1-3(7(9)12)2-5(6)11/h1-2,11H,(H2,9,12). The monoisotopic (exact) mass is 200 g/mol. The number of phenols is 1. The number of phenolic OH excluding ortho intramolecular Hbond substituents is 1. The Balaban J connectivity index is 3.43. The highest BCUT2D eigenvalue weighted by molar-refractivity contribution is 5.93. The van der Waals surface area contributed by atoms with Gasteiger partial charge in [0.05, 0.1) is 4.92 Å². The summed E-state index contributed by atoms with van der Waals surface area (Å²) < 4.78 is 12.9. The van der Waals surface area contributed by atoms with Gasteiger partial charge in [0, 0.05) is 11.6 Å². The fourth-order valence-corrected chi connectivity index (χ4v) is 0.869. The molecule has 0 heterocycles. The average Bonchev–Trinajstić information content (AvgIpc) is 2.08. The maximum atomic E-state index is 12.9. The minimum absolute atomic E-state index is 0.324. The van der Waals surface area contributed by atoms with E-state index in [9.17, 15) is 19.3 Å². The predicted molar refractivity (Wildman–Crippen MR) is 43.2 cm³/mol. The lowest BCUT2D eigenvalue weighted by Gasteiger charge is -1.99. The smallest absolute Gasteiger partial charge is 0.309 e. The number of amides is 1. The number of nitrogens with two attached hydrogens (primary N) is 1. The molecule has 1 aromatic rings. The van der Waals surface area contributed by atoms with E-state index in [1.54, 1.807) is 0 Å². The van der Waals surface area contributed by atoms with Gasteiger partial charge in [-0.05, 0) is 6.07 Å². The van der Waals surface area contributed by atoms with Crippen LogP contribution in [0.15, 0.2) is 12.1 Å². The van der Waals surface area contributed by atoms with Crippen LogP contribution < -0.4 is 5.73 Å². The molecule has 1 rings (SSSR count). The van der Waals surface area contributed by atoms with Gasteiger partial charge >= 0.3 is 5.69 Å². The normalized spacial score (nSPS) is 9.79. The second-order valence-corrected chi connectivity index (χ2v) is 2.45. The number of nitrogens with zero attached hydrogens (tertiary/aromatic N) is 1. The summed E-state index contributed by atoms with van der Waals surface area (Å²) in [7, 11) is 0. The Bertz CT molecular complexity index is 418. The number of hydrogen-bond donors (Lipinski definition) is 2. The summed E-state index contributed by atoms with van der Waals surface area (Å²) in [4.78, 5) is 19.8. The fourth-order valence-electron chi connectivity index (χ4n) is 0.869. The largest absolute Gasteiger partial charge is 0.505 e. The summed E-state index contributed by atoms with van der Waals surface area (Å²) >= 11 is 0. The van der Waals surface area contributed by atoms with Crippen molar-refractivity contribution in [2.24, 2.45) is 5.73 Å². The lowest BCUT2D eigenvalue weighted by atomic mass is 10.1. The molecule has 0 aliphatic heterocycles. The van der Waals surface area contributed by atoms with E-state index in [1.165, 1.54) is 0 Å². The molecule has 14 heavy (non-hydrogen) atoms. The molecule has 74 valence electrons. The number of aromatic hydroxyl groups is 1. The van der Waals surface area contributed by atoms with Crippen LogP contribution in [0.5, 0.6) is 5.75 Å². The van der Waals surface area contributed by atoms with E-state index in [4.69, 9.17) is 10.8 Å². The van der Waals surface area contributed by atoms with Gasteiger partial charge in [0.15, 0.2) is 5.75 Å². The molecular weight excluding hydrogens is 195 g/mol. The van der Waals surface area contributed by atoms with Crippen molar-refractivity contribution in [3.8, 4) is 5.75 Å². The number of nitro groups is 1. The van der Waals surface area contributed by atoms with E-state index < -0.39 is 28.1 Å². The molecule has 0 fully saturated rings. The van der Waals surface area contributed by atoms with Crippen LogP contribution in [-0.2, 0) is 0 Å². The number of carbonyl (C=O) groups excluding carboxylic acids is 1. The van der Waals surface area contributed by atoms with E-state index in [-0.39, 0.29) is 5.56 Å². The summed E-state index contributed by atoms with van der Waals surface area (Å²) in [5.41, 5.74) is 3.50. The van der Waals surface area contributed by atoms with Crippen molar-refractivity contribution in [1.82, 2.24) is 0 Å². The number of rotatable bonds is 2. The summed E-state index contributed by atoms with van der Waals surface area (Å²) in [6.07, 6.45) is 0. The quantitative estimate of drug-likeness (QED) is 0.536. The molecule has 7 heteroatoms. The van der Waals surface area contributed by atoms with E-state index in [0.29, 0.717) is 6.07 Å². The zero-order valence-electron chi connectivity index (χ0n) is 6.73. The van der Waals surface area contributed by atoms with E-state index in [1.807, 2.05) is 0 Å². The van der Waals surface area contributed by atoms with Gasteiger partial charge in [-0.2, -0.15) is 4.39 Å². The highest BCUT2D eigenvalue weighted by atomic mass is 19.1. The van der Waals surface area contributed by atoms with Crippen LogP contribution in [0.4, 0.5) is 10.1 Å². The lowest BCUT2D eigenvalue weighted by Crippen LogP contribution is -2.11. The Morgan fingerprint density at radius 1 is 1.57 bits per heavy atom. The minimum Gasteiger partial charge on any atom is -0.505 e. The van der Waals surface area contributed by atoms with Crippen molar-refractivity contribution < 1.29 is 19.2 Å². The van der Waals surface area contributed by atoms with Crippen LogP contribution in [0.3, 0.4) is 0 Å². The van der Waals surface area contributed by atoms with Crippen LogP contribution in [0.25, 0.3) is 0 Å². The number of halogens is 1. The average molecular weight is 200 g/mol. The lowest BCUT2D eigenvalue weighted by molar-refractivity contribution is -0.387. The summed E-state index contributed by atoms with van der Waals surface area (Å²) in [6, 6.07) is 1.39. The summed E-state index contributed by atoms with van der Waals surface area (Å²) in [6.45, 7) is 0. The maximum Gasteiger partial charge on any atom is 0.309 e. The Kier molecular flexibility index (Phi) is 2.32. The van der Waals surface area contributed by atoms with Gasteiger partial charge in [-0.25, -0.2) is 0 Å². The van der Waals surface area contributed by atoms with Crippen LogP contribution in [0, 0.1) is 15.9 Å². The third-order valence-electron chi connectivity index (χ3n) is 1.52. The molecule has 0 bridgehead atoms. The van der Waals surface area contributed by atoms with Crippen molar-refractivity contribution in [3.63, 3.8) is 0 Å². The molecule has 1 amide bonds. The van der Waals surface area contributed by atoms with Gasteiger partial charge < -0.3 is 10.8 Å². The Labute approximate surface area is 76.9 Å². The molecule has 0 aliphatic carbocycles. The molecule has 0 spiro atoms. The fraction of sp³-hybridized carbons (Fsp3) is 0. The van der Waals surface area contributed by atoms with Crippen LogP contribution in [0.2, 0.25) is 0 Å². The Hall–Kier alpha value is -2.18. The molecule has 0 saturated carbocycles. The number of carbonyl (C=O) groups is 1. The summed E-state index contributed by atoms with van der Waals surface area (Å²) in [5.74, 6) is -3.35. The van der Waals surface area contributed by atoms with Crippen molar-refractivity contribution in [1.29, 1.82) is 0 Å². The van der Waals surface area contributed by atoms with Crippen molar-refractivity contribution in [2.75, 3.05) is 0 Å². The minimum atomic E-state index is -1.39. The van der Waals surface area contributed by atoms with Crippen LogP contribution in [0.1, 0.15) is 10.4 Å². The number of primary amides is 1. The molecule has 0 radical (unpaired) electrons. The third kappa shape index (κ3) is 1.60. The second kappa shape index (κ2) is 3.29. The van der Waals surface area contributed by atoms with E-state index in [2.05, 4.69) is 0 Å². The number of nitro benzene ring substituents is 1. The topological polar surface area (TPSA) is 106 Å². The van der Waals surface area contributed by atoms with Crippen LogP contribution >= 0.6 is 0 Å². The molecule has 0 aliphatic rings. The Morgan fingerprint density at radius 3 is 2.57 bits per heavy atom. The van der Waals surface area contributed by atoms with Crippen LogP contribution in [-0.4, -0.2) is 15.9 Å². The molecule has 6 nitrogen and oxygen atoms in total. The van der Waals surface area contributed by atoms with Gasteiger partial charge in [-0.15, -0.1) is 0 Å². The SMILES string of the molecule is NC(=O)c1cc(O)c(F)c([N+](=O)[O-])c1. The maximum absolute atomic E-state index is 12.9. The molecule has 0 saturated heterocycles. The first-order valence-corrected chi connectivity index (χ1v) is 3.40. The van der Waals surface area contributed by atoms with Gasteiger partial charge in [0.2, 0.25) is 11.7 Å². The molecular formula is C7H5FN2O4. The van der Waals surface area contributed by atoms with Gasteiger partial charge in [-0.1, -0.05) is 0 Å². The van der Waals surface area contributed by atoms with E-state index >= 15 is 0 Å². The van der Waals surface area contributed by atoms with Crippen molar-refractivity contribution in [2.45, 2.75) is 0 Å². The van der Waals surface area contributed by atoms with Crippen molar-refractivity contribution >= 4 is 11.6 Å². The van der Waals surface area contributed by atoms with Gasteiger partial charge in [0.1, 0.15) is 0 Å². The van der Waals surface area contributed by atoms with E-state index in [0.717, 1.165) is 6.07 Å². The van der Waals surface area contributed by atoms with Gasteiger partial charge in [-0.3, -0.25) is 14.9 Å². The van der Waals surface area contributed by atoms with Crippen molar-refractivity contribution in [3.05, 3.63) is 33.6 Å². The zero-order valence-corrected chi connectivity index (χ0v) is 6.73. The predicted octanol–water partition coefficient (Wildman–Crippen LogP) is 0.538. The molecule has 0 atom stereocenters. The molecule has 3 N–H and O–H groups in total. The first-order chi connectivity index (χ1) is 6.43. The number of benzene rings is 1. The van der Waals surface area contributed by atoms with Gasteiger partial charge in [0.25, 0.3) is 0 Å². The molecule has 0 unspecified atom stereocenters. The zero-order chi connectivity index (χ0) is 10.9. The number of hydrogen-bond acceptors (Lipinski definition) is 4. The highest BCUT2D eigenvalue weighted by Crippen LogP contribution is 2.27. The first kappa shape index (κ1) is 9.90. The second-order valence-electron chi connectivity index (χ2n) is 2.45. The summed E-state index contributed by atoms with van der Waals surface area (Å²) in [5, 5.41) is 19.1. The molecule has 1 aromatic carbocycles. The molecule has 0 aromatic heterocycles.